The Morgan fingerprint density at radius 2 is 2.03 bits per heavy atom. The van der Waals surface area contributed by atoms with E-state index in [9.17, 15) is 23.7 Å². The second-order valence-corrected chi connectivity index (χ2v) is 11.8. The van der Waals surface area contributed by atoms with Gasteiger partial charge in [-0.1, -0.05) is 32.5 Å². The van der Waals surface area contributed by atoms with Crippen molar-refractivity contribution in [1.82, 2.24) is 9.55 Å². The summed E-state index contributed by atoms with van der Waals surface area (Å²) in [6.45, 7) is 8.80. The number of carbonyl (C=O) groups excluding carboxylic acids is 2. The molecule has 1 aliphatic rings. The molecule has 1 aromatic rings. The molecule has 1 fully saturated rings. The third-order valence-corrected chi connectivity index (χ3v) is 7.65. The van der Waals surface area contributed by atoms with Gasteiger partial charge in [-0.05, 0) is 26.2 Å². The van der Waals surface area contributed by atoms with Crippen LogP contribution in [0.15, 0.2) is 21.9 Å². The van der Waals surface area contributed by atoms with E-state index in [1.807, 2.05) is 20.8 Å². The average molecular weight is 550 g/mol. The van der Waals surface area contributed by atoms with Crippen LogP contribution >= 0.6 is 20.0 Å². The number of ether oxygens (including phenoxy) is 2. The van der Waals surface area contributed by atoms with Crippen molar-refractivity contribution in [1.29, 1.82) is 0 Å². The van der Waals surface area contributed by atoms with Crippen LogP contribution < -0.4 is 17.0 Å². The molecule has 12 nitrogen and oxygen atoms in total. The molecule has 0 bridgehead atoms. The maximum atomic E-state index is 12.5. The highest BCUT2D eigenvalue weighted by Crippen LogP contribution is 2.35. The zero-order chi connectivity index (χ0) is 27.0. The summed E-state index contributed by atoms with van der Waals surface area (Å²) in [5.74, 6) is -0.405. The zero-order valence-electron chi connectivity index (χ0n) is 21.2. The molecule has 1 saturated heterocycles. The summed E-state index contributed by atoms with van der Waals surface area (Å²) in [6.07, 6.45) is 0.974. The number of thioether (sulfide) groups is 1. The molecule has 36 heavy (non-hydrogen) atoms. The number of rotatable bonds is 13. The monoisotopic (exact) mass is 549 g/mol. The van der Waals surface area contributed by atoms with Crippen molar-refractivity contribution in [2.45, 2.75) is 59.4 Å². The predicted octanol–water partition coefficient (Wildman–Crippen LogP) is 1.70. The number of H-pyrrole nitrogens is 1. The van der Waals surface area contributed by atoms with Crippen LogP contribution in [0.3, 0.4) is 0 Å². The Kier molecular flexibility index (Phi) is 11.6. The zero-order valence-corrected chi connectivity index (χ0v) is 23.0. The van der Waals surface area contributed by atoms with Crippen molar-refractivity contribution in [2.24, 2.45) is 23.0 Å². The number of aromatic amines is 1. The van der Waals surface area contributed by atoms with Gasteiger partial charge in [0.25, 0.3) is 5.56 Å². The summed E-state index contributed by atoms with van der Waals surface area (Å²) in [5.41, 5.74) is 3.78. The molecule has 14 heteroatoms. The van der Waals surface area contributed by atoms with Crippen LogP contribution in [0.4, 0.5) is 0 Å². The van der Waals surface area contributed by atoms with Crippen LogP contribution in [-0.4, -0.2) is 58.4 Å². The number of aromatic nitrogens is 2. The Hall–Kier alpha value is -1.76. The van der Waals surface area contributed by atoms with E-state index in [1.165, 1.54) is 16.8 Å². The largest absolute Gasteiger partial charge is 0.463 e. The fourth-order valence-corrected chi connectivity index (χ4v) is 4.95. The van der Waals surface area contributed by atoms with Gasteiger partial charge in [0.15, 0.2) is 5.12 Å². The second-order valence-electron chi connectivity index (χ2n) is 9.69. The summed E-state index contributed by atoms with van der Waals surface area (Å²) < 4.78 is 34.9. The highest BCUT2D eigenvalue weighted by Gasteiger charge is 2.34. The maximum absolute atomic E-state index is 12.5. The summed E-state index contributed by atoms with van der Waals surface area (Å²) in [6, 6.07) is 0.497. The van der Waals surface area contributed by atoms with E-state index in [4.69, 9.17) is 24.3 Å². The fraction of sp³-hybridized carbons (Fsp3) is 0.727. The Morgan fingerprint density at radius 3 is 2.67 bits per heavy atom. The maximum Gasteiger partial charge on any atom is 0.330 e. The summed E-state index contributed by atoms with van der Waals surface area (Å²) in [5, 5.41) is -0.200. The first kappa shape index (κ1) is 30.5. The first-order chi connectivity index (χ1) is 16.8. The van der Waals surface area contributed by atoms with Crippen LogP contribution in [0.2, 0.25) is 0 Å². The molecular weight excluding hydrogens is 513 g/mol. The van der Waals surface area contributed by atoms with E-state index in [-0.39, 0.29) is 42.5 Å². The highest BCUT2D eigenvalue weighted by atomic mass is 32.2. The lowest BCUT2D eigenvalue weighted by Gasteiger charge is -2.23. The van der Waals surface area contributed by atoms with Gasteiger partial charge in [0, 0.05) is 23.9 Å². The molecule has 5 atom stereocenters. The first-order valence-corrected chi connectivity index (χ1v) is 13.9. The predicted molar refractivity (Wildman–Crippen MR) is 135 cm³/mol. The lowest BCUT2D eigenvalue weighted by Crippen LogP contribution is -2.39. The molecule has 1 unspecified atom stereocenters. The van der Waals surface area contributed by atoms with Crippen molar-refractivity contribution in [2.75, 3.05) is 25.6 Å². The molecule has 204 valence electrons. The quantitative estimate of drug-likeness (QED) is 0.209. The van der Waals surface area contributed by atoms with Gasteiger partial charge in [-0.2, -0.15) is 0 Å². The van der Waals surface area contributed by atoms with E-state index < -0.39 is 49.3 Å². The van der Waals surface area contributed by atoms with Gasteiger partial charge >= 0.3 is 19.9 Å². The Bertz CT molecular complexity index is 1040. The molecule has 1 aromatic heterocycles. The Morgan fingerprint density at radius 1 is 1.33 bits per heavy atom. The SMILES string of the molecule is CC(C)[C@H](N)C(=O)OCC(C)(C)C(=O)SCCO[PH](=O)OC[C@@H]1C[C@H](C)[C@H](n2ccc(=O)[nH]c2=O)O1. The van der Waals surface area contributed by atoms with Crippen LogP contribution in [0.25, 0.3) is 0 Å². The van der Waals surface area contributed by atoms with Gasteiger partial charge in [0.1, 0.15) is 18.9 Å². The van der Waals surface area contributed by atoms with Crippen molar-refractivity contribution in [3.8, 4) is 0 Å². The minimum absolute atomic E-state index is 0.0136. The van der Waals surface area contributed by atoms with Crippen molar-refractivity contribution in [3.05, 3.63) is 33.1 Å². The summed E-state index contributed by atoms with van der Waals surface area (Å²) in [7, 11) is -2.81. The van der Waals surface area contributed by atoms with E-state index in [0.29, 0.717) is 6.42 Å². The Balaban J connectivity index is 1.68. The molecule has 2 heterocycles. The number of nitrogens with two attached hydrogens (primary N) is 1. The van der Waals surface area contributed by atoms with Gasteiger partial charge in [-0.15, -0.1) is 0 Å². The van der Waals surface area contributed by atoms with E-state index in [0.717, 1.165) is 11.8 Å². The highest BCUT2D eigenvalue weighted by molar-refractivity contribution is 8.13. The molecule has 0 spiro atoms. The van der Waals surface area contributed by atoms with E-state index in [1.54, 1.807) is 13.8 Å². The minimum Gasteiger partial charge on any atom is -0.463 e. The number of hydrogen-bond donors (Lipinski definition) is 2. The number of nitrogens with zero attached hydrogens (tertiary/aromatic N) is 1. The van der Waals surface area contributed by atoms with Gasteiger partial charge in [0.2, 0.25) is 0 Å². The summed E-state index contributed by atoms with van der Waals surface area (Å²) in [4.78, 5) is 49.8. The lowest BCUT2D eigenvalue weighted by atomic mass is 9.97. The average Bonchev–Trinajstić information content (AvgIpc) is 3.18. The minimum atomic E-state index is -2.81. The van der Waals surface area contributed by atoms with Crippen molar-refractivity contribution < 1.29 is 32.7 Å². The molecule has 0 radical (unpaired) electrons. The van der Waals surface area contributed by atoms with Crippen LogP contribution in [-0.2, 0) is 32.7 Å². The van der Waals surface area contributed by atoms with Gasteiger partial charge in [-0.25, -0.2) is 4.79 Å². The Labute approximate surface area is 214 Å². The van der Waals surface area contributed by atoms with Gasteiger partial charge < -0.3 is 24.3 Å². The first-order valence-electron chi connectivity index (χ1n) is 11.7. The van der Waals surface area contributed by atoms with Crippen molar-refractivity contribution in [3.63, 3.8) is 0 Å². The molecular formula is C22H36N3O9PS. The third kappa shape index (κ3) is 8.97. The lowest BCUT2D eigenvalue weighted by molar-refractivity contribution is -0.150. The van der Waals surface area contributed by atoms with Crippen LogP contribution in [0.1, 0.15) is 47.3 Å². The van der Waals surface area contributed by atoms with Crippen molar-refractivity contribution >= 4 is 31.1 Å². The van der Waals surface area contributed by atoms with Crippen LogP contribution in [0, 0.1) is 17.3 Å². The van der Waals surface area contributed by atoms with Gasteiger partial charge in [-0.3, -0.25) is 28.5 Å². The molecule has 0 amide bonds. The third-order valence-electron chi connectivity index (χ3n) is 5.62. The topological polar surface area (TPSA) is 169 Å². The number of nitrogens with one attached hydrogen (secondary N) is 1. The number of esters is 1. The fourth-order valence-electron chi connectivity index (χ4n) is 3.33. The molecule has 0 aliphatic carbocycles. The molecule has 1 aliphatic heterocycles. The standard InChI is InChI=1S/C22H36N3O9PS/c1-13(2)17(23)19(27)31-12-22(4,5)20(28)36-9-8-32-35(30)33-11-15-10-14(3)18(34-15)25-7-6-16(26)24-21(25)29/h6-7,13-15,17-18,35H,8-12,23H2,1-5H3,(H,24,26,29)/t14-,15-,17-,18+/m0/s1. The van der Waals surface area contributed by atoms with Crippen LogP contribution in [0.5, 0.6) is 0 Å². The molecule has 2 rings (SSSR count). The van der Waals surface area contributed by atoms with E-state index >= 15 is 0 Å². The number of hydrogen-bond acceptors (Lipinski definition) is 11. The number of carbonyl (C=O) groups is 2. The normalized spacial score (nSPS) is 21.9. The van der Waals surface area contributed by atoms with Gasteiger partial charge in [0.05, 0.1) is 24.7 Å². The summed E-state index contributed by atoms with van der Waals surface area (Å²) >= 11 is 0.989. The molecule has 0 saturated carbocycles. The molecule has 0 aromatic carbocycles. The van der Waals surface area contributed by atoms with E-state index in [2.05, 4.69) is 4.98 Å². The smallest absolute Gasteiger partial charge is 0.330 e. The molecule has 3 N–H and O–H groups in total. The second kappa shape index (κ2) is 13.7.